The predicted octanol–water partition coefficient (Wildman–Crippen LogP) is 3.06. The molecule has 1 aliphatic heterocycles. The third-order valence-electron chi connectivity index (χ3n) is 4.75. The lowest BCUT2D eigenvalue weighted by atomic mass is 10.1. The van der Waals surface area contributed by atoms with E-state index in [1.165, 1.54) is 17.5 Å². The maximum Gasteiger partial charge on any atom is 0.254 e. The van der Waals surface area contributed by atoms with Crippen LogP contribution in [0.5, 0.6) is 11.5 Å². The molecule has 0 spiro atoms. The van der Waals surface area contributed by atoms with Crippen LogP contribution in [-0.2, 0) is 10.0 Å². The lowest BCUT2D eigenvalue weighted by molar-refractivity contribution is 0.0697. The fourth-order valence-corrected chi connectivity index (χ4v) is 5.09. The first-order valence-electron chi connectivity index (χ1n) is 9.34. The second-order valence-corrected chi connectivity index (χ2v) is 8.91. The molecule has 3 rings (SSSR count). The Morgan fingerprint density at radius 1 is 1.13 bits per heavy atom. The first kappa shape index (κ1) is 22.1. The second kappa shape index (κ2) is 9.51. The van der Waals surface area contributed by atoms with Crippen molar-refractivity contribution in [3.05, 3.63) is 65.7 Å². The zero-order chi connectivity index (χ0) is 21.7. The van der Waals surface area contributed by atoms with Crippen molar-refractivity contribution >= 4 is 27.5 Å². The molecule has 2 aromatic rings. The van der Waals surface area contributed by atoms with E-state index in [0.29, 0.717) is 23.7 Å². The largest absolute Gasteiger partial charge is 0.493 e. The van der Waals surface area contributed by atoms with Gasteiger partial charge in [-0.25, -0.2) is 8.42 Å². The number of hydrogen-bond acceptors (Lipinski definition) is 5. The van der Waals surface area contributed by atoms with Gasteiger partial charge in [0.15, 0.2) is 11.5 Å². The van der Waals surface area contributed by atoms with Crippen LogP contribution in [0.4, 0.5) is 0 Å². The summed E-state index contributed by atoms with van der Waals surface area (Å²) in [6, 6.07) is 11.3. The number of halogens is 1. The summed E-state index contributed by atoms with van der Waals surface area (Å²) in [6.45, 7) is 4.87. The van der Waals surface area contributed by atoms with Gasteiger partial charge < -0.3 is 14.4 Å². The first-order chi connectivity index (χ1) is 14.4. The van der Waals surface area contributed by atoms with Gasteiger partial charge in [0.1, 0.15) is 11.5 Å². The average molecular weight is 451 g/mol. The number of ether oxygens (including phenoxy) is 2. The van der Waals surface area contributed by atoms with E-state index in [9.17, 15) is 13.2 Å². The van der Waals surface area contributed by atoms with E-state index < -0.39 is 10.0 Å². The van der Waals surface area contributed by atoms with Crippen LogP contribution in [0.2, 0.25) is 5.02 Å². The molecule has 2 aromatic carbocycles. The van der Waals surface area contributed by atoms with E-state index in [2.05, 4.69) is 6.58 Å². The molecule has 30 heavy (non-hydrogen) atoms. The van der Waals surface area contributed by atoms with Gasteiger partial charge in [-0.05, 0) is 30.3 Å². The number of carbonyl (C=O) groups excluding carboxylic acids is 1. The Labute approximate surface area is 181 Å². The Balaban J connectivity index is 1.70. The minimum absolute atomic E-state index is 0.0753. The molecule has 7 nitrogen and oxygen atoms in total. The average Bonchev–Trinajstić information content (AvgIpc) is 2.77. The van der Waals surface area contributed by atoms with Gasteiger partial charge in [0.2, 0.25) is 10.0 Å². The lowest BCUT2D eigenvalue weighted by Crippen LogP contribution is -2.50. The number of nitrogens with zero attached hydrogens (tertiary/aromatic N) is 2. The van der Waals surface area contributed by atoms with Crippen molar-refractivity contribution in [1.29, 1.82) is 0 Å². The summed E-state index contributed by atoms with van der Waals surface area (Å²) < 4.78 is 37.9. The Morgan fingerprint density at radius 3 is 2.47 bits per heavy atom. The fraction of sp³-hybridized carbons (Fsp3) is 0.286. The van der Waals surface area contributed by atoms with Crippen LogP contribution in [-0.4, -0.2) is 63.4 Å². The summed E-state index contributed by atoms with van der Waals surface area (Å²) in [4.78, 5) is 14.6. The molecular weight excluding hydrogens is 428 g/mol. The summed E-state index contributed by atoms with van der Waals surface area (Å²) >= 11 is 6.06. The lowest BCUT2D eigenvalue weighted by Gasteiger charge is -2.34. The smallest absolute Gasteiger partial charge is 0.254 e. The third-order valence-corrected chi connectivity index (χ3v) is 7.15. The molecule has 0 atom stereocenters. The quantitative estimate of drug-likeness (QED) is 0.606. The molecule has 9 heteroatoms. The number of rotatable bonds is 7. The maximum atomic E-state index is 12.9. The topological polar surface area (TPSA) is 76.2 Å². The monoisotopic (exact) mass is 450 g/mol. The first-order valence-corrected chi connectivity index (χ1v) is 11.2. The highest BCUT2D eigenvalue weighted by atomic mass is 35.5. The molecule has 1 aliphatic rings. The van der Waals surface area contributed by atoms with Crippen LogP contribution in [0.1, 0.15) is 10.4 Å². The van der Waals surface area contributed by atoms with Crippen molar-refractivity contribution in [3.8, 4) is 11.5 Å². The molecule has 0 radical (unpaired) electrons. The summed E-state index contributed by atoms with van der Waals surface area (Å²) in [6.07, 6.45) is 1.62. The molecule has 0 aliphatic carbocycles. The van der Waals surface area contributed by atoms with Crippen molar-refractivity contribution in [3.63, 3.8) is 0 Å². The Kier molecular flexibility index (Phi) is 7.02. The zero-order valence-electron chi connectivity index (χ0n) is 16.6. The molecule has 1 heterocycles. The molecule has 0 saturated carbocycles. The molecule has 0 aromatic heterocycles. The van der Waals surface area contributed by atoms with Gasteiger partial charge in [0.25, 0.3) is 5.91 Å². The van der Waals surface area contributed by atoms with E-state index in [1.54, 1.807) is 47.4 Å². The van der Waals surface area contributed by atoms with Crippen LogP contribution in [0.3, 0.4) is 0 Å². The Morgan fingerprint density at radius 2 is 1.83 bits per heavy atom. The number of carbonyl (C=O) groups is 1. The SMILES string of the molecule is C=CCOc1ccc(C(=O)N2CCN(S(=O)(=O)c3ccccc3Cl)CC2)cc1OC. The molecule has 0 unspecified atom stereocenters. The zero-order valence-corrected chi connectivity index (χ0v) is 18.2. The number of hydrogen-bond donors (Lipinski definition) is 0. The van der Waals surface area contributed by atoms with E-state index >= 15 is 0 Å². The van der Waals surface area contributed by atoms with Crippen LogP contribution >= 0.6 is 11.6 Å². The van der Waals surface area contributed by atoms with Crippen molar-refractivity contribution in [2.75, 3.05) is 39.9 Å². The van der Waals surface area contributed by atoms with Crippen LogP contribution in [0.15, 0.2) is 60.0 Å². The van der Waals surface area contributed by atoms with Crippen LogP contribution in [0.25, 0.3) is 0 Å². The van der Waals surface area contributed by atoms with Crippen LogP contribution in [0, 0.1) is 0 Å². The van der Waals surface area contributed by atoms with Gasteiger partial charge in [-0.1, -0.05) is 36.4 Å². The van der Waals surface area contributed by atoms with E-state index in [-0.39, 0.29) is 42.0 Å². The molecule has 0 N–H and O–H groups in total. The summed E-state index contributed by atoms with van der Waals surface area (Å²) in [5, 5.41) is 0.182. The van der Waals surface area contributed by atoms with Crippen molar-refractivity contribution in [2.24, 2.45) is 0 Å². The van der Waals surface area contributed by atoms with Gasteiger partial charge >= 0.3 is 0 Å². The molecular formula is C21H23ClN2O5S. The fourth-order valence-electron chi connectivity index (χ4n) is 3.18. The number of benzene rings is 2. The maximum absolute atomic E-state index is 12.9. The summed E-state index contributed by atoms with van der Waals surface area (Å²) in [5.41, 5.74) is 0.445. The molecule has 1 amide bonds. The van der Waals surface area contributed by atoms with Gasteiger partial charge in [-0.2, -0.15) is 4.31 Å². The standard InChI is InChI=1S/C21H23ClN2O5S/c1-3-14-29-18-9-8-16(15-19(18)28-2)21(25)23-10-12-24(13-11-23)30(26,27)20-7-5-4-6-17(20)22/h3-9,15H,1,10-14H2,2H3. The highest BCUT2D eigenvalue weighted by Gasteiger charge is 2.31. The molecule has 160 valence electrons. The molecule has 0 bridgehead atoms. The predicted molar refractivity (Wildman–Crippen MR) is 115 cm³/mol. The normalized spacial score (nSPS) is 14.9. The van der Waals surface area contributed by atoms with E-state index in [1.807, 2.05) is 0 Å². The van der Waals surface area contributed by atoms with Gasteiger partial charge in [0.05, 0.1) is 12.1 Å². The third kappa shape index (κ3) is 4.61. The minimum Gasteiger partial charge on any atom is -0.493 e. The second-order valence-electron chi connectivity index (χ2n) is 6.59. The van der Waals surface area contributed by atoms with E-state index in [4.69, 9.17) is 21.1 Å². The van der Waals surface area contributed by atoms with Crippen molar-refractivity contribution < 1.29 is 22.7 Å². The molecule has 1 fully saturated rings. The Hall–Kier alpha value is -2.55. The van der Waals surface area contributed by atoms with Gasteiger partial charge in [0, 0.05) is 31.7 Å². The number of piperazine rings is 1. The Bertz CT molecular complexity index is 1030. The van der Waals surface area contributed by atoms with Crippen LogP contribution < -0.4 is 9.47 Å². The molecule has 1 saturated heterocycles. The summed E-state index contributed by atoms with van der Waals surface area (Å²) in [5.74, 6) is 0.769. The highest BCUT2D eigenvalue weighted by molar-refractivity contribution is 7.89. The van der Waals surface area contributed by atoms with E-state index in [0.717, 1.165) is 0 Å². The van der Waals surface area contributed by atoms with Gasteiger partial charge in [-0.15, -0.1) is 0 Å². The van der Waals surface area contributed by atoms with Crippen molar-refractivity contribution in [2.45, 2.75) is 4.90 Å². The summed E-state index contributed by atoms with van der Waals surface area (Å²) in [7, 11) is -2.21. The number of sulfonamides is 1. The number of methoxy groups -OCH3 is 1. The van der Waals surface area contributed by atoms with Gasteiger partial charge in [-0.3, -0.25) is 4.79 Å². The highest BCUT2D eigenvalue weighted by Crippen LogP contribution is 2.29. The minimum atomic E-state index is -3.71. The number of amides is 1. The van der Waals surface area contributed by atoms with Crippen molar-refractivity contribution in [1.82, 2.24) is 9.21 Å².